The van der Waals surface area contributed by atoms with E-state index in [1.807, 2.05) is 0 Å². The number of carbonyl (C=O) groups excluding carboxylic acids is 1. The van der Waals surface area contributed by atoms with Crippen molar-refractivity contribution in [2.75, 3.05) is 5.32 Å². The van der Waals surface area contributed by atoms with Crippen LogP contribution in [0.25, 0.3) is 11.0 Å². The highest BCUT2D eigenvalue weighted by Gasteiger charge is 2.18. The zero-order valence-electron chi connectivity index (χ0n) is 15.3. The molecule has 0 aliphatic heterocycles. The van der Waals surface area contributed by atoms with Gasteiger partial charge in [-0.15, -0.1) is 0 Å². The predicted octanol–water partition coefficient (Wildman–Crippen LogP) is 3.31. The van der Waals surface area contributed by atoms with E-state index >= 15 is 0 Å². The van der Waals surface area contributed by atoms with Crippen molar-refractivity contribution in [3.8, 4) is 11.5 Å². The van der Waals surface area contributed by atoms with Gasteiger partial charge in [0.1, 0.15) is 11.5 Å². The van der Waals surface area contributed by atoms with Crippen LogP contribution in [0.5, 0.6) is 11.5 Å². The minimum atomic E-state index is -0.926. The average molecular weight is 389 g/mol. The van der Waals surface area contributed by atoms with Crippen LogP contribution in [0.3, 0.4) is 0 Å². The van der Waals surface area contributed by atoms with Crippen molar-refractivity contribution in [3.05, 3.63) is 52.6 Å². The number of aromatic nitrogens is 3. The van der Waals surface area contributed by atoms with Gasteiger partial charge in [0.2, 0.25) is 0 Å². The summed E-state index contributed by atoms with van der Waals surface area (Å²) in [7, 11) is 0. The predicted molar refractivity (Wildman–Crippen MR) is 98.5 cm³/mol. The van der Waals surface area contributed by atoms with Crippen molar-refractivity contribution >= 4 is 22.9 Å². The Morgan fingerprint density at radius 3 is 2.61 bits per heavy atom. The summed E-state index contributed by atoms with van der Waals surface area (Å²) in [5.41, 5.74) is -0.996. The molecule has 3 aromatic rings. The Morgan fingerprint density at radius 1 is 1.18 bits per heavy atom. The number of rotatable bonds is 3. The third-order valence-electron chi connectivity index (χ3n) is 3.40. The van der Waals surface area contributed by atoms with Crippen molar-refractivity contribution in [1.82, 2.24) is 20.3 Å². The summed E-state index contributed by atoms with van der Waals surface area (Å²) in [6.45, 7) is 5.36. The Labute approximate surface area is 158 Å². The van der Waals surface area contributed by atoms with Gasteiger partial charge in [0.15, 0.2) is 23.1 Å². The van der Waals surface area contributed by atoms with E-state index in [1.54, 1.807) is 20.8 Å². The molecule has 0 fully saturated rings. The number of carbonyl (C=O) groups is 1. The van der Waals surface area contributed by atoms with Crippen LogP contribution in [0.15, 0.2) is 35.3 Å². The number of H-pyrrole nitrogens is 1. The molecule has 0 aliphatic rings. The second kappa shape index (κ2) is 7.22. The van der Waals surface area contributed by atoms with Crippen LogP contribution in [0, 0.1) is 11.6 Å². The molecule has 8 nitrogen and oxygen atoms in total. The van der Waals surface area contributed by atoms with Gasteiger partial charge >= 0.3 is 11.7 Å². The van der Waals surface area contributed by atoms with E-state index in [-0.39, 0.29) is 23.0 Å². The molecule has 146 valence electrons. The monoisotopic (exact) mass is 389 g/mol. The second-order valence-corrected chi connectivity index (χ2v) is 6.97. The molecule has 0 aliphatic carbocycles. The fraction of sp³-hybridized carbons (Fsp3) is 0.222. The molecule has 0 spiro atoms. The number of urea groups is 1. The number of ether oxygens (including phenoxy) is 1. The molecule has 0 bridgehead atoms. The third-order valence-corrected chi connectivity index (χ3v) is 3.40. The highest BCUT2D eigenvalue weighted by atomic mass is 19.1. The summed E-state index contributed by atoms with van der Waals surface area (Å²) in [6.07, 6.45) is 1.26. The molecule has 2 heterocycles. The molecule has 28 heavy (non-hydrogen) atoms. The Kier molecular flexibility index (Phi) is 4.95. The molecular weight excluding hydrogens is 372 g/mol. The molecule has 0 saturated heterocycles. The molecule has 0 saturated carbocycles. The van der Waals surface area contributed by atoms with Gasteiger partial charge in [0.25, 0.3) is 0 Å². The molecule has 1 aromatic carbocycles. The van der Waals surface area contributed by atoms with Crippen LogP contribution in [0.4, 0.5) is 19.4 Å². The lowest BCUT2D eigenvalue weighted by Gasteiger charge is -2.21. The zero-order chi connectivity index (χ0) is 20.5. The molecule has 10 heteroatoms. The number of hydrogen-bond acceptors (Lipinski definition) is 5. The minimum Gasteiger partial charge on any atom is -0.450 e. The number of aromatic amines is 1. The molecule has 0 atom stereocenters. The number of anilines is 1. The highest BCUT2D eigenvalue weighted by molar-refractivity contribution is 5.92. The lowest BCUT2D eigenvalue weighted by molar-refractivity contribution is 0.243. The second-order valence-electron chi connectivity index (χ2n) is 6.97. The van der Waals surface area contributed by atoms with Crippen LogP contribution < -0.4 is 21.1 Å². The highest BCUT2D eigenvalue weighted by Crippen LogP contribution is 2.32. The van der Waals surface area contributed by atoms with Crippen LogP contribution in [-0.2, 0) is 0 Å². The molecule has 2 amide bonds. The number of halogens is 2. The van der Waals surface area contributed by atoms with Gasteiger partial charge < -0.3 is 10.1 Å². The maximum absolute atomic E-state index is 14.0. The summed E-state index contributed by atoms with van der Waals surface area (Å²) >= 11 is 0. The normalized spacial score (nSPS) is 11.3. The largest absolute Gasteiger partial charge is 0.450 e. The standard InChI is InChI=1S/C18H17F2N5O3/c1-18(2,3)25-17(27)24-15-13(28-12-5-4-10(19)7-11(12)20)6-9-8-21-16(26)23-14(9)22-15/h4-8H,1-3H3,(H3,21,22,23,24,25,26,27). The number of nitrogens with zero attached hydrogens (tertiary/aromatic N) is 2. The van der Waals surface area contributed by atoms with Crippen molar-refractivity contribution in [2.24, 2.45) is 0 Å². The number of benzene rings is 1. The maximum atomic E-state index is 14.0. The van der Waals surface area contributed by atoms with Crippen LogP contribution in [0.1, 0.15) is 20.8 Å². The first-order valence-corrected chi connectivity index (χ1v) is 8.23. The lowest BCUT2D eigenvalue weighted by atomic mass is 10.1. The number of pyridine rings is 1. The molecule has 0 unspecified atom stereocenters. The minimum absolute atomic E-state index is 0.0177. The Bertz CT molecular complexity index is 1110. The summed E-state index contributed by atoms with van der Waals surface area (Å²) in [4.78, 5) is 33.8. The van der Waals surface area contributed by atoms with Crippen LogP contribution in [-0.4, -0.2) is 26.5 Å². The molecular formula is C18H17F2N5O3. The van der Waals surface area contributed by atoms with Gasteiger partial charge in [0, 0.05) is 23.2 Å². The van der Waals surface area contributed by atoms with Gasteiger partial charge in [-0.25, -0.2) is 28.3 Å². The van der Waals surface area contributed by atoms with Crippen molar-refractivity contribution in [3.63, 3.8) is 0 Å². The summed E-state index contributed by atoms with van der Waals surface area (Å²) < 4.78 is 32.6. The van der Waals surface area contributed by atoms with E-state index in [0.717, 1.165) is 12.1 Å². The SMILES string of the molecule is CC(C)(C)NC(=O)Nc1nc2[nH]c(=O)ncc2cc1Oc1ccc(F)cc1F. The van der Waals surface area contributed by atoms with Crippen molar-refractivity contribution in [2.45, 2.75) is 26.3 Å². The molecule has 3 rings (SSSR count). The summed E-state index contributed by atoms with van der Waals surface area (Å²) in [5, 5.41) is 5.58. The van der Waals surface area contributed by atoms with Gasteiger partial charge in [-0.2, -0.15) is 0 Å². The van der Waals surface area contributed by atoms with E-state index in [1.165, 1.54) is 12.3 Å². The van der Waals surface area contributed by atoms with E-state index in [2.05, 4.69) is 25.6 Å². The number of amides is 2. The molecule has 3 N–H and O–H groups in total. The molecule has 2 aromatic heterocycles. The van der Waals surface area contributed by atoms with E-state index in [0.29, 0.717) is 11.5 Å². The van der Waals surface area contributed by atoms with E-state index in [4.69, 9.17) is 4.74 Å². The summed E-state index contributed by atoms with van der Waals surface area (Å²) in [6, 6.07) is 3.65. The number of nitrogens with one attached hydrogen (secondary N) is 3. The Morgan fingerprint density at radius 2 is 1.93 bits per heavy atom. The lowest BCUT2D eigenvalue weighted by Crippen LogP contribution is -2.43. The quantitative estimate of drug-likeness (QED) is 0.637. The molecule has 0 radical (unpaired) electrons. The van der Waals surface area contributed by atoms with Gasteiger partial charge in [0.05, 0.1) is 0 Å². The fourth-order valence-corrected chi connectivity index (χ4v) is 2.29. The van der Waals surface area contributed by atoms with Crippen molar-refractivity contribution < 1.29 is 18.3 Å². The fourth-order valence-electron chi connectivity index (χ4n) is 2.29. The topological polar surface area (TPSA) is 109 Å². The summed E-state index contributed by atoms with van der Waals surface area (Å²) in [5.74, 6) is -2.04. The van der Waals surface area contributed by atoms with Gasteiger partial charge in [-0.1, -0.05) is 0 Å². The Hall–Kier alpha value is -3.56. The van der Waals surface area contributed by atoms with E-state index < -0.39 is 28.9 Å². The van der Waals surface area contributed by atoms with E-state index in [9.17, 15) is 18.4 Å². The third kappa shape index (κ3) is 4.58. The average Bonchev–Trinajstić information content (AvgIpc) is 2.56. The zero-order valence-corrected chi connectivity index (χ0v) is 15.3. The number of fused-ring (bicyclic) bond motifs is 1. The van der Waals surface area contributed by atoms with Gasteiger partial charge in [-0.3, -0.25) is 10.3 Å². The number of hydrogen-bond donors (Lipinski definition) is 3. The first-order chi connectivity index (χ1) is 13.1. The Balaban J connectivity index is 2.03. The first-order valence-electron chi connectivity index (χ1n) is 8.23. The van der Waals surface area contributed by atoms with Crippen LogP contribution >= 0.6 is 0 Å². The maximum Gasteiger partial charge on any atom is 0.346 e. The first kappa shape index (κ1) is 19.2. The van der Waals surface area contributed by atoms with Crippen LogP contribution in [0.2, 0.25) is 0 Å². The van der Waals surface area contributed by atoms with Gasteiger partial charge in [-0.05, 0) is 39.0 Å². The smallest absolute Gasteiger partial charge is 0.346 e. The van der Waals surface area contributed by atoms with Crippen molar-refractivity contribution in [1.29, 1.82) is 0 Å².